The molecule has 4 N–H and O–H groups in total. The van der Waals surface area contributed by atoms with Crippen molar-refractivity contribution in [3.63, 3.8) is 0 Å². The van der Waals surface area contributed by atoms with Crippen molar-refractivity contribution in [3.05, 3.63) is 54.3 Å². The van der Waals surface area contributed by atoms with Crippen molar-refractivity contribution in [2.75, 3.05) is 13.1 Å². The van der Waals surface area contributed by atoms with Crippen LogP contribution >= 0.6 is 0 Å². The molecular formula is C15H16FN3O3S. The van der Waals surface area contributed by atoms with Crippen molar-refractivity contribution >= 4 is 16.1 Å². The number of sulfonamides is 1. The molecule has 0 heterocycles. The van der Waals surface area contributed by atoms with Gasteiger partial charge in [0, 0.05) is 18.7 Å². The maximum atomic E-state index is 13.4. The number of nitrogens with one attached hydrogen (secondary N) is 2. The summed E-state index contributed by atoms with van der Waals surface area (Å²) in [5.41, 5.74) is 5.76. The number of primary amides is 1. The zero-order chi connectivity index (χ0) is 16.9. The first-order valence-corrected chi connectivity index (χ1v) is 8.26. The Morgan fingerprint density at radius 2 is 1.83 bits per heavy atom. The summed E-state index contributed by atoms with van der Waals surface area (Å²) < 4.78 is 40.6. The lowest BCUT2D eigenvalue weighted by atomic mass is 10.1. The molecule has 0 saturated carbocycles. The van der Waals surface area contributed by atoms with Crippen LogP contribution in [0.5, 0.6) is 0 Å². The van der Waals surface area contributed by atoms with Gasteiger partial charge < -0.3 is 11.1 Å². The first-order chi connectivity index (χ1) is 10.9. The van der Waals surface area contributed by atoms with Crippen LogP contribution in [0.25, 0.3) is 11.1 Å². The van der Waals surface area contributed by atoms with Gasteiger partial charge in [-0.2, -0.15) is 0 Å². The van der Waals surface area contributed by atoms with Crippen LogP contribution in [-0.4, -0.2) is 27.5 Å². The van der Waals surface area contributed by atoms with Gasteiger partial charge in [-0.25, -0.2) is 22.3 Å². The molecule has 2 aromatic rings. The second kappa shape index (κ2) is 7.21. The van der Waals surface area contributed by atoms with Crippen molar-refractivity contribution in [2.24, 2.45) is 5.73 Å². The summed E-state index contributed by atoms with van der Waals surface area (Å²) in [5, 5.41) is 2.29. The van der Waals surface area contributed by atoms with Crippen LogP contribution in [-0.2, 0) is 10.0 Å². The van der Waals surface area contributed by atoms with Crippen molar-refractivity contribution in [1.29, 1.82) is 0 Å². The maximum absolute atomic E-state index is 13.4. The van der Waals surface area contributed by atoms with Crippen LogP contribution < -0.4 is 15.8 Å². The highest BCUT2D eigenvalue weighted by Crippen LogP contribution is 2.27. The summed E-state index contributed by atoms with van der Waals surface area (Å²) in [4.78, 5) is 10.6. The number of urea groups is 1. The normalized spacial score (nSPS) is 11.2. The Morgan fingerprint density at radius 1 is 1.09 bits per heavy atom. The molecule has 0 aliphatic carbocycles. The summed E-state index contributed by atoms with van der Waals surface area (Å²) in [6.07, 6.45) is 0. The van der Waals surface area contributed by atoms with E-state index in [1.807, 2.05) is 0 Å². The van der Waals surface area contributed by atoms with Crippen LogP contribution in [0.4, 0.5) is 9.18 Å². The molecule has 122 valence electrons. The number of hydrogen-bond donors (Lipinski definition) is 3. The fourth-order valence-corrected chi connectivity index (χ4v) is 3.30. The zero-order valence-electron chi connectivity index (χ0n) is 12.1. The zero-order valence-corrected chi connectivity index (χ0v) is 12.9. The molecule has 0 fully saturated rings. The minimum absolute atomic E-state index is 0.0112. The van der Waals surface area contributed by atoms with Crippen LogP contribution in [0.2, 0.25) is 0 Å². The Hall–Kier alpha value is -2.45. The van der Waals surface area contributed by atoms with Crippen LogP contribution in [0.15, 0.2) is 53.4 Å². The highest BCUT2D eigenvalue weighted by Gasteiger charge is 2.18. The molecule has 6 nitrogen and oxygen atoms in total. The van der Waals surface area contributed by atoms with E-state index in [9.17, 15) is 17.6 Å². The summed E-state index contributed by atoms with van der Waals surface area (Å²) >= 11 is 0. The van der Waals surface area contributed by atoms with Gasteiger partial charge in [0.1, 0.15) is 5.82 Å². The Bertz CT molecular complexity index is 809. The van der Waals surface area contributed by atoms with Crippen molar-refractivity contribution in [1.82, 2.24) is 10.0 Å². The van der Waals surface area contributed by atoms with E-state index in [4.69, 9.17) is 5.73 Å². The third kappa shape index (κ3) is 4.51. The number of carbonyl (C=O) groups is 1. The molecule has 0 aromatic heterocycles. The van der Waals surface area contributed by atoms with Crippen molar-refractivity contribution < 1.29 is 17.6 Å². The first-order valence-electron chi connectivity index (χ1n) is 6.78. The predicted octanol–water partition coefficient (Wildman–Crippen LogP) is 1.44. The minimum Gasteiger partial charge on any atom is -0.352 e. The molecule has 0 atom stereocenters. The summed E-state index contributed by atoms with van der Waals surface area (Å²) in [7, 11) is -3.81. The van der Waals surface area contributed by atoms with Gasteiger partial charge >= 0.3 is 6.03 Å². The van der Waals surface area contributed by atoms with Gasteiger partial charge in [-0.3, -0.25) is 0 Å². The predicted molar refractivity (Wildman–Crippen MR) is 84.6 cm³/mol. The molecule has 0 aliphatic rings. The lowest BCUT2D eigenvalue weighted by Gasteiger charge is -2.12. The smallest absolute Gasteiger partial charge is 0.312 e. The van der Waals surface area contributed by atoms with Gasteiger partial charge in [-0.05, 0) is 23.8 Å². The van der Waals surface area contributed by atoms with Gasteiger partial charge in [0.2, 0.25) is 10.0 Å². The van der Waals surface area contributed by atoms with Crippen LogP contribution in [0.1, 0.15) is 0 Å². The lowest BCUT2D eigenvalue weighted by molar-refractivity contribution is 0.249. The van der Waals surface area contributed by atoms with Gasteiger partial charge in [0.15, 0.2) is 0 Å². The number of rotatable bonds is 6. The van der Waals surface area contributed by atoms with Crippen molar-refractivity contribution in [2.45, 2.75) is 4.90 Å². The lowest BCUT2D eigenvalue weighted by Crippen LogP contribution is -2.37. The number of halogens is 1. The van der Waals surface area contributed by atoms with E-state index in [1.54, 1.807) is 24.3 Å². The summed E-state index contributed by atoms with van der Waals surface area (Å²) in [5.74, 6) is -0.451. The maximum Gasteiger partial charge on any atom is 0.312 e. The van der Waals surface area contributed by atoms with E-state index in [-0.39, 0.29) is 18.0 Å². The Kier molecular flexibility index (Phi) is 5.30. The standard InChI is InChI=1S/C15H16FN3O3S/c16-12-5-3-4-11(10-12)13-6-1-2-7-14(13)23(21,22)19-9-8-18-15(17)20/h1-7,10,19H,8-9H2,(H3,17,18,20). The molecule has 2 amide bonds. The number of nitrogens with two attached hydrogens (primary N) is 1. The molecule has 0 spiro atoms. The topological polar surface area (TPSA) is 101 Å². The van der Waals surface area contributed by atoms with E-state index in [0.717, 1.165) is 0 Å². The Labute approximate surface area is 133 Å². The average molecular weight is 337 g/mol. The highest BCUT2D eigenvalue weighted by molar-refractivity contribution is 7.89. The highest BCUT2D eigenvalue weighted by atomic mass is 32.2. The molecule has 2 aromatic carbocycles. The summed E-state index contributed by atoms with van der Waals surface area (Å²) in [6, 6.07) is 11.3. The van der Waals surface area contributed by atoms with E-state index in [1.165, 1.54) is 24.3 Å². The van der Waals surface area contributed by atoms with E-state index in [0.29, 0.717) is 11.1 Å². The molecule has 23 heavy (non-hydrogen) atoms. The summed E-state index contributed by atoms with van der Waals surface area (Å²) in [6.45, 7) is 0.0550. The third-order valence-electron chi connectivity index (χ3n) is 3.03. The fourth-order valence-electron chi connectivity index (χ4n) is 2.04. The SMILES string of the molecule is NC(=O)NCCNS(=O)(=O)c1ccccc1-c1cccc(F)c1. The number of amides is 2. The number of benzene rings is 2. The average Bonchev–Trinajstić information content (AvgIpc) is 2.51. The fraction of sp³-hybridized carbons (Fsp3) is 0.133. The molecular weight excluding hydrogens is 321 g/mol. The second-order valence-electron chi connectivity index (χ2n) is 4.70. The van der Waals surface area contributed by atoms with E-state index >= 15 is 0 Å². The third-order valence-corrected chi connectivity index (χ3v) is 4.55. The molecule has 2 rings (SSSR count). The van der Waals surface area contributed by atoms with Crippen molar-refractivity contribution in [3.8, 4) is 11.1 Å². The first kappa shape index (κ1) is 16.9. The largest absolute Gasteiger partial charge is 0.352 e. The minimum atomic E-state index is -3.81. The van der Waals surface area contributed by atoms with Crippen LogP contribution in [0, 0.1) is 5.82 Å². The van der Waals surface area contributed by atoms with Gasteiger partial charge in [0.25, 0.3) is 0 Å². The molecule has 0 bridgehead atoms. The Morgan fingerprint density at radius 3 is 2.52 bits per heavy atom. The molecule has 0 aliphatic heterocycles. The van der Waals surface area contributed by atoms with Gasteiger partial charge in [0.05, 0.1) is 4.90 Å². The quantitative estimate of drug-likeness (QED) is 0.695. The number of hydrogen-bond acceptors (Lipinski definition) is 3. The Balaban J connectivity index is 2.27. The molecule has 0 radical (unpaired) electrons. The molecule has 0 saturated heterocycles. The molecule has 8 heteroatoms. The number of carbonyl (C=O) groups excluding carboxylic acids is 1. The molecule has 0 unspecified atom stereocenters. The van der Waals surface area contributed by atoms with Gasteiger partial charge in [-0.15, -0.1) is 0 Å². The van der Waals surface area contributed by atoms with Crippen LogP contribution in [0.3, 0.4) is 0 Å². The second-order valence-corrected chi connectivity index (χ2v) is 6.43. The van der Waals surface area contributed by atoms with Gasteiger partial charge in [-0.1, -0.05) is 30.3 Å². The van der Waals surface area contributed by atoms with E-state index < -0.39 is 21.9 Å². The monoisotopic (exact) mass is 337 g/mol. The van der Waals surface area contributed by atoms with E-state index in [2.05, 4.69) is 10.0 Å².